The maximum Gasteiger partial charge on any atom is 0.151 e. The highest BCUT2D eigenvalue weighted by Crippen LogP contribution is 2.35. The fraction of sp³-hybridized carbons (Fsp3) is 0.364. The van der Waals surface area contributed by atoms with Gasteiger partial charge in [0, 0.05) is 17.1 Å². The number of nitrogens with two attached hydrogens (primary N) is 1. The Morgan fingerprint density at radius 2 is 2.37 bits per heavy atom. The number of hydrogen-bond acceptors (Lipinski definition) is 6. The normalized spacial score (nSPS) is 26.9. The van der Waals surface area contributed by atoms with Gasteiger partial charge in [0.05, 0.1) is 11.5 Å². The lowest BCUT2D eigenvalue weighted by molar-refractivity contribution is -0.122. The molecule has 1 aliphatic heterocycles. The smallest absolute Gasteiger partial charge is 0.151 e. The van der Waals surface area contributed by atoms with E-state index >= 15 is 0 Å². The Morgan fingerprint density at radius 3 is 3.05 bits per heavy atom. The van der Waals surface area contributed by atoms with Crippen LogP contribution < -0.4 is 5.73 Å². The highest BCUT2D eigenvalue weighted by Gasteiger charge is 2.35. The van der Waals surface area contributed by atoms with Gasteiger partial charge in [-0.1, -0.05) is 0 Å². The maximum atomic E-state index is 10.8. The van der Waals surface area contributed by atoms with Crippen LogP contribution in [-0.4, -0.2) is 38.1 Å². The number of aldehydes is 1. The van der Waals surface area contributed by atoms with Crippen molar-refractivity contribution in [3.63, 3.8) is 0 Å². The number of aliphatic hydroxyl groups is 1. The molecule has 3 heterocycles. The minimum Gasteiger partial charge on any atom is -0.390 e. The summed E-state index contributed by atoms with van der Waals surface area (Å²) < 4.78 is 7.98. The molecular formula is C11H11BrN4O3. The molecule has 0 aliphatic carbocycles. The minimum absolute atomic E-state index is 0.323. The Bertz CT molecular complexity index is 644. The fourth-order valence-electron chi connectivity index (χ4n) is 2.25. The Balaban J connectivity index is 2.07. The van der Waals surface area contributed by atoms with Gasteiger partial charge in [-0.2, -0.15) is 0 Å². The fourth-order valence-corrected chi connectivity index (χ4v) is 2.85. The van der Waals surface area contributed by atoms with Crippen molar-refractivity contribution in [3.8, 4) is 0 Å². The summed E-state index contributed by atoms with van der Waals surface area (Å²) in [7, 11) is 0. The molecule has 1 aliphatic rings. The van der Waals surface area contributed by atoms with Crippen LogP contribution in [0.15, 0.2) is 17.0 Å². The summed E-state index contributed by atoms with van der Waals surface area (Å²) in [4.78, 5) is 18.9. The van der Waals surface area contributed by atoms with E-state index in [4.69, 9.17) is 10.5 Å². The zero-order valence-electron chi connectivity index (χ0n) is 9.73. The molecule has 3 N–H and O–H groups in total. The summed E-state index contributed by atoms with van der Waals surface area (Å²) >= 11 is 3.39. The summed E-state index contributed by atoms with van der Waals surface area (Å²) in [5.41, 5.74) is 6.41. The second-order valence-corrected chi connectivity index (χ2v) is 5.19. The van der Waals surface area contributed by atoms with Crippen LogP contribution >= 0.6 is 15.9 Å². The maximum absolute atomic E-state index is 10.8. The summed E-state index contributed by atoms with van der Waals surface area (Å²) in [5.74, 6) is 0.362. The van der Waals surface area contributed by atoms with Crippen LogP contribution in [-0.2, 0) is 9.53 Å². The second kappa shape index (κ2) is 4.55. The Kier molecular flexibility index (Phi) is 3.00. The average molecular weight is 327 g/mol. The predicted molar refractivity (Wildman–Crippen MR) is 70.2 cm³/mol. The minimum atomic E-state index is -0.807. The van der Waals surface area contributed by atoms with Crippen molar-refractivity contribution < 1.29 is 14.6 Å². The van der Waals surface area contributed by atoms with Gasteiger partial charge in [-0.05, 0) is 15.9 Å². The lowest BCUT2D eigenvalue weighted by Crippen LogP contribution is -2.21. The molecule has 0 amide bonds. The number of halogens is 1. The van der Waals surface area contributed by atoms with Crippen molar-refractivity contribution in [2.24, 2.45) is 0 Å². The Hall–Kier alpha value is -1.51. The number of hydrogen-bond donors (Lipinski definition) is 2. The van der Waals surface area contributed by atoms with Gasteiger partial charge in [0.15, 0.2) is 6.29 Å². The first-order valence-corrected chi connectivity index (χ1v) is 6.46. The number of nitrogens with zero attached hydrogens (tertiary/aromatic N) is 3. The first-order valence-electron chi connectivity index (χ1n) is 5.67. The van der Waals surface area contributed by atoms with Crippen LogP contribution in [0.5, 0.6) is 0 Å². The van der Waals surface area contributed by atoms with Gasteiger partial charge in [-0.15, -0.1) is 0 Å². The van der Waals surface area contributed by atoms with Crippen LogP contribution in [0.3, 0.4) is 0 Å². The van der Waals surface area contributed by atoms with Gasteiger partial charge < -0.3 is 24.9 Å². The standard InChI is InChI=1S/C11H11BrN4O3/c12-5-2-16(8-1-6(18)7(3-17)19-8)11-9(5)10(13)14-4-15-11/h2-4,6-8,18H,1H2,(H2,13,14,15)/t6-,7+,8+/m0/s1. The summed E-state index contributed by atoms with van der Waals surface area (Å²) in [6.45, 7) is 0. The number of fused-ring (bicyclic) bond motifs is 1. The molecule has 1 fully saturated rings. The molecule has 0 radical (unpaired) electrons. The van der Waals surface area contributed by atoms with E-state index in [9.17, 15) is 9.90 Å². The topological polar surface area (TPSA) is 103 Å². The highest BCUT2D eigenvalue weighted by molar-refractivity contribution is 9.10. The molecule has 2 aromatic rings. The first-order chi connectivity index (χ1) is 9.11. The average Bonchev–Trinajstić information content (AvgIpc) is 2.91. The van der Waals surface area contributed by atoms with E-state index in [1.165, 1.54) is 6.33 Å². The number of aromatic nitrogens is 3. The number of nitrogen functional groups attached to an aromatic ring is 1. The van der Waals surface area contributed by atoms with Crippen LogP contribution in [0.1, 0.15) is 12.6 Å². The third-order valence-electron chi connectivity index (χ3n) is 3.17. The number of anilines is 1. The molecule has 0 bridgehead atoms. The van der Waals surface area contributed by atoms with E-state index in [0.29, 0.717) is 29.6 Å². The van der Waals surface area contributed by atoms with E-state index < -0.39 is 18.4 Å². The monoisotopic (exact) mass is 326 g/mol. The number of ether oxygens (including phenoxy) is 1. The molecule has 100 valence electrons. The van der Waals surface area contributed by atoms with Gasteiger partial charge in [0.25, 0.3) is 0 Å². The number of carbonyl (C=O) groups is 1. The molecule has 2 aromatic heterocycles. The molecular weight excluding hydrogens is 316 g/mol. The molecule has 19 heavy (non-hydrogen) atoms. The summed E-state index contributed by atoms with van der Waals surface area (Å²) in [5, 5.41) is 10.4. The van der Waals surface area contributed by atoms with Gasteiger partial charge in [-0.25, -0.2) is 9.97 Å². The zero-order chi connectivity index (χ0) is 13.6. The number of carbonyl (C=O) groups excluding carboxylic acids is 1. The van der Waals surface area contributed by atoms with Gasteiger partial charge in [-0.3, -0.25) is 0 Å². The molecule has 0 unspecified atom stereocenters. The lowest BCUT2D eigenvalue weighted by atomic mass is 10.2. The van der Waals surface area contributed by atoms with Crippen molar-refractivity contribution in [3.05, 3.63) is 17.0 Å². The molecule has 3 atom stereocenters. The molecule has 0 spiro atoms. The molecule has 8 heteroatoms. The molecule has 3 rings (SSSR count). The largest absolute Gasteiger partial charge is 0.390 e. The van der Waals surface area contributed by atoms with E-state index in [1.807, 2.05) is 0 Å². The van der Waals surface area contributed by atoms with E-state index in [2.05, 4.69) is 25.9 Å². The van der Waals surface area contributed by atoms with E-state index in [1.54, 1.807) is 10.8 Å². The summed E-state index contributed by atoms with van der Waals surface area (Å²) in [6.07, 6.45) is 1.99. The van der Waals surface area contributed by atoms with Gasteiger partial charge in [0.2, 0.25) is 0 Å². The van der Waals surface area contributed by atoms with Gasteiger partial charge >= 0.3 is 0 Å². The van der Waals surface area contributed by atoms with E-state index in [-0.39, 0.29) is 0 Å². The first kappa shape index (κ1) is 12.5. The van der Waals surface area contributed by atoms with Crippen LogP contribution in [0.25, 0.3) is 11.0 Å². The zero-order valence-corrected chi connectivity index (χ0v) is 11.3. The van der Waals surface area contributed by atoms with Crippen molar-refractivity contribution in [1.29, 1.82) is 0 Å². The predicted octanol–water partition coefficient (Wildman–Crippen LogP) is 0.623. The SMILES string of the molecule is Nc1ncnc2c1c(Br)cn2[C@H]1C[C@H](O)[C@@H](C=O)O1. The molecule has 0 aromatic carbocycles. The number of aliphatic hydroxyl groups excluding tert-OH is 1. The molecule has 0 saturated carbocycles. The quantitative estimate of drug-likeness (QED) is 0.784. The van der Waals surface area contributed by atoms with Crippen molar-refractivity contribution >= 4 is 39.1 Å². The third kappa shape index (κ3) is 1.92. The Labute approximate surface area is 116 Å². The van der Waals surface area contributed by atoms with E-state index in [0.717, 1.165) is 4.47 Å². The van der Waals surface area contributed by atoms with Crippen molar-refractivity contribution in [2.45, 2.75) is 24.9 Å². The molecule has 1 saturated heterocycles. The van der Waals surface area contributed by atoms with Gasteiger partial charge in [0.1, 0.15) is 30.1 Å². The van der Waals surface area contributed by atoms with Crippen molar-refractivity contribution in [1.82, 2.24) is 14.5 Å². The number of rotatable bonds is 2. The summed E-state index contributed by atoms with van der Waals surface area (Å²) in [6, 6.07) is 0. The Morgan fingerprint density at radius 1 is 1.58 bits per heavy atom. The molecule has 7 nitrogen and oxygen atoms in total. The van der Waals surface area contributed by atoms with Crippen LogP contribution in [0, 0.1) is 0 Å². The third-order valence-corrected chi connectivity index (χ3v) is 3.77. The van der Waals surface area contributed by atoms with Crippen LogP contribution in [0.4, 0.5) is 5.82 Å². The highest BCUT2D eigenvalue weighted by atomic mass is 79.9. The lowest BCUT2D eigenvalue weighted by Gasteiger charge is -2.12. The second-order valence-electron chi connectivity index (χ2n) is 4.34. The van der Waals surface area contributed by atoms with Crippen LogP contribution in [0.2, 0.25) is 0 Å². The van der Waals surface area contributed by atoms with Crippen molar-refractivity contribution in [2.75, 3.05) is 5.73 Å².